The number of nitrogens with two attached hydrogens (primary N) is 1. The van der Waals surface area contributed by atoms with Crippen molar-refractivity contribution >= 4 is 26.7 Å². The molecular formula is C35H42F2N3O5S+. The number of rotatable bonds is 10. The number of benzene rings is 3. The number of nitrogens with one attached hydrogen (secondary N) is 1. The van der Waals surface area contributed by atoms with Gasteiger partial charge in [-0.1, -0.05) is 12.1 Å². The van der Waals surface area contributed by atoms with Gasteiger partial charge in [0.1, 0.15) is 17.6 Å². The first-order chi connectivity index (χ1) is 22.1. The van der Waals surface area contributed by atoms with Crippen LogP contribution in [0.25, 0.3) is 10.8 Å². The molecule has 1 amide bonds. The maximum absolute atomic E-state index is 16.3. The molecule has 1 aliphatic heterocycles. The van der Waals surface area contributed by atoms with Gasteiger partial charge in [-0.05, 0) is 97.8 Å². The summed E-state index contributed by atoms with van der Waals surface area (Å²) in [5.74, 6) is -3.71. The van der Waals surface area contributed by atoms with Gasteiger partial charge in [-0.3, -0.25) is 4.79 Å². The summed E-state index contributed by atoms with van der Waals surface area (Å²) in [6.45, 7) is 0.336. The van der Waals surface area contributed by atoms with Gasteiger partial charge in [0.15, 0.2) is 6.04 Å². The highest BCUT2D eigenvalue weighted by Gasteiger charge is 2.50. The zero-order valence-electron chi connectivity index (χ0n) is 25.9. The quantitative estimate of drug-likeness (QED) is 0.257. The van der Waals surface area contributed by atoms with Gasteiger partial charge < -0.3 is 20.1 Å². The first-order valence-corrected chi connectivity index (χ1v) is 17.8. The molecule has 0 spiro atoms. The molecule has 1 atom stereocenters. The molecule has 6 rings (SSSR count). The van der Waals surface area contributed by atoms with Crippen molar-refractivity contribution in [3.05, 3.63) is 72.6 Å². The van der Waals surface area contributed by atoms with Crippen molar-refractivity contribution in [3.63, 3.8) is 0 Å². The predicted octanol–water partition coefficient (Wildman–Crippen LogP) is 6.08. The first kappa shape index (κ1) is 32.5. The smallest absolute Gasteiger partial charge is 0.298 e. The Morgan fingerprint density at radius 3 is 2.13 bits per heavy atom. The number of halogens is 2. The molecule has 0 bridgehead atoms. The Labute approximate surface area is 269 Å². The molecule has 1 saturated heterocycles. The molecule has 0 radical (unpaired) electrons. The van der Waals surface area contributed by atoms with E-state index in [4.69, 9.17) is 15.2 Å². The lowest BCUT2D eigenvalue weighted by Crippen LogP contribution is -2.57. The van der Waals surface area contributed by atoms with Crippen molar-refractivity contribution < 1.29 is 31.5 Å². The van der Waals surface area contributed by atoms with Crippen LogP contribution < -0.4 is 19.9 Å². The molecule has 8 nitrogen and oxygen atoms in total. The number of sulfonamides is 1. The average Bonchev–Trinajstić information content (AvgIpc) is 3.57. The summed E-state index contributed by atoms with van der Waals surface area (Å²) in [6, 6.07) is 12.6. The SMILES string of the molecule is NC1CCN(C(=O)[C@@H](NS(=O)(=O)c2ccc3cc(OC4CCCC4)ccc3c2)C(F)(F)c2ccc(OC3CC[CH+]CC3)cc2)CC1. The minimum Gasteiger partial charge on any atom is -0.490 e. The van der Waals surface area contributed by atoms with Crippen LogP contribution in [0.4, 0.5) is 8.78 Å². The number of ether oxygens (including phenoxy) is 2. The van der Waals surface area contributed by atoms with Gasteiger partial charge in [0.25, 0.3) is 5.92 Å². The van der Waals surface area contributed by atoms with Gasteiger partial charge in [0.05, 0.1) is 30.3 Å². The zero-order valence-corrected chi connectivity index (χ0v) is 26.7. The number of carbonyl (C=O) groups excluding carboxylic acids is 1. The Kier molecular flexibility index (Phi) is 9.72. The van der Waals surface area contributed by atoms with Gasteiger partial charge in [-0.15, -0.1) is 0 Å². The minimum absolute atomic E-state index is 0.0105. The molecule has 0 aromatic heterocycles. The Morgan fingerprint density at radius 1 is 0.848 bits per heavy atom. The summed E-state index contributed by atoms with van der Waals surface area (Å²) in [5, 5.41) is 1.36. The highest BCUT2D eigenvalue weighted by molar-refractivity contribution is 7.89. The van der Waals surface area contributed by atoms with Crippen LogP contribution in [0.1, 0.15) is 69.8 Å². The normalized spacial score (nSPS) is 19.6. The summed E-state index contributed by atoms with van der Waals surface area (Å²) >= 11 is 0. The van der Waals surface area contributed by atoms with Crippen molar-refractivity contribution in [2.24, 2.45) is 5.73 Å². The highest BCUT2D eigenvalue weighted by atomic mass is 32.2. The van der Waals surface area contributed by atoms with Crippen LogP contribution in [0.5, 0.6) is 11.5 Å². The third-order valence-corrected chi connectivity index (χ3v) is 10.8. The number of carbonyl (C=O) groups is 1. The zero-order chi connectivity index (χ0) is 32.3. The summed E-state index contributed by atoms with van der Waals surface area (Å²) in [6.07, 6.45) is 11.2. The average molecular weight is 655 g/mol. The lowest BCUT2D eigenvalue weighted by molar-refractivity contribution is -0.145. The van der Waals surface area contributed by atoms with Crippen molar-refractivity contribution in [2.75, 3.05) is 13.1 Å². The van der Waals surface area contributed by atoms with Gasteiger partial charge in [0.2, 0.25) is 15.9 Å². The van der Waals surface area contributed by atoms with E-state index < -0.39 is 33.5 Å². The number of hydrogen-bond acceptors (Lipinski definition) is 6. The number of hydrogen-bond donors (Lipinski definition) is 2. The van der Waals surface area contributed by atoms with E-state index in [1.165, 1.54) is 41.3 Å². The summed E-state index contributed by atoms with van der Waals surface area (Å²) < 4.78 is 74.2. The number of alkyl halides is 2. The van der Waals surface area contributed by atoms with E-state index in [-0.39, 0.29) is 36.2 Å². The molecule has 3 N–H and O–H groups in total. The largest absolute Gasteiger partial charge is 0.490 e. The summed E-state index contributed by atoms with van der Waals surface area (Å²) in [7, 11) is -4.55. The number of amides is 1. The van der Waals surface area contributed by atoms with E-state index >= 15 is 8.78 Å². The van der Waals surface area contributed by atoms with Crippen LogP contribution in [0.3, 0.4) is 0 Å². The molecule has 3 fully saturated rings. The van der Waals surface area contributed by atoms with Crippen LogP contribution in [0.15, 0.2) is 65.6 Å². The molecule has 3 aromatic carbocycles. The van der Waals surface area contributed by atoms with Crippen LogP contribution >= 0.6 is 0 Å². The lowest BCUT2D eigenvalue weighted by Gasteiger charge is -2.35. The van der Waals surface area contributed by atoms with Crippen LogP contribution in [-0.2, 0) is 20.7 Å². The van der Waals surface area contributed by atoms with E-state index in [9.17, 15) is 13.2 Å². The monoisotopic (exact) mass is 654 g/mol. The fourth-order valence-electron chi connectivity index (χ4n) is 6.57. The summed E-state index contributed by atoms with van der Waals surface area (Å²) in [5.41, 5.74) is 5.50. The second kappa shape index (κ2) is 13.8. The Bertz CT molecular complexity index is 1610. The second-order valence-corrected chi connectivity index (χ2v) is 14.5. The number of nitrogens with zero attached hydrogens (tertiary/aromatic N) is 1. The van der Waals surface area contributed by atoms with Crippen molar-refractivity contribution in [1.82, 2.24) is 9.62 Å². The van der Waals surface area contributed by atoms with E-state index in [2.05, 4.69) is 11.1 Å². The first-order valence-electron chi connectivity index (χ1n) is 16.3. The molecule has 2 aliphatic carbocycles. The third-order valence-electron chi connectivity index (χ3n) is 9.36. The molecule has 11 heteroatoms. The van der Waals surface area contributed by atoms with E-state index in [1.807, 2.05) is 6.07 Å². The molecule has 1 heterocycles. The van der Waals surface area contributed by atoms with Crippen LogP contribution in [-0.4, -0.2) is 56.6 Å². The standard InChI is InChI=1S/C35H42F2N3O5S/c36-35(37,26-12-15-30(16-13-26)44-28-6-2-1-3-7-28)33(34(41)40-20-18-27(38)19-21-40)39-46(42,43)32-17-11-24-22-31(14-10-25(24)23-32)45-29-8-4-5-9-29/h1,10-17,22-23,27-29,33,39H,2-9,18-21,38H2/q+1/t33-/m1/s1. The summed E-state index contributed by atoms with van der Waals surface area (Å²) in [4.78, 5) is 14.7. The van der Waals surface area contributed by atoms with Crippen LogP contribution in [0, 0.1) is 6.42 Å². The van der Waals surface area contributed by atoms with Gasteiger partial charge >= 0.3 is 0 Å². The van der Waals surface area contributed by atoms with Crippen molar-refractivity contribution in [3.8, 4) is 11.5 Å². The fourth-order valence-corrected chi connectivity index (χ4v) is 7.80. The Hall–Kier alpha value is -3.41. The number of likely N-dealkylation sites (tertiary alicyclic amines) is 1. The van der Waals surface area contributed by atoms with Crippen molar-refractivity contribution in [1.29, 1.82) is 0 Å². The van der Waals surface area contributed by atoms with Gasteiger partial charge in [-0.25, -0.2) is 8.42 Å². The van der Waals surface area contributed by atoms with Gasteiger partial charge in [0, 0.05) is 37.5 Å². The minimum atomic E-state index is -4.55. The third kappa shape index (κ3) is 7.42. The van der Waals surface area contributed by atoms with Gasteiger partial charge in [-0.2, -0.15) is 13.5 Å². The maximum Gasteiger partial charge on any atom is 0.298 e. The highest BCUT2D eigenvalue weighted by Crippen LogP contribution is 2.36. The number of fused-ring (bicyclic) bond motifs is 1. The molecule has 3 aliphatic rings. The fraction of sp³-hybridized carbons (Fsp3) is 0.486. The molecule has 46 heavy (non-hydrogen) atoms. The predicted molar refractivity (Wildman–Crippen MR) is 172 cm³/mol. The van der Waals surface area contributed by atoms with Crippen molar-refractivity contribution in [2.45, 2.75) is 99.3 Å². The molecule has 0 unspecified atom stereocenters. The topological polar surface area (TPSA) is 111 Å². The number of piperidine rings is 1. The Morgan fingerprint density at radius 2 is 1.43 bits per heavy atom. The molecule has 246 valence electrons. The maximum atomic E-state index is 16.3. The van der Waals surface area contributed by atoms with E-state index in [1.54, 1.807) is 18.2 Å². The molecular weight excluding hydrogens is 612 g/mol. The lowest BCUT2D eigenvalue weighted by atomic mass is 9.97. The Balaban J connectivity index is 1.25. The van der Waals surface area contributed by atoms with Crippen LogP contribution in [0.2, 0.25) is 0 Å². The second-order valence-electron chi connectivity index (χ2n) is 12.7. The molecule has 2 saturated carbocycles. The van der Waals surface area contributed by atoms with E-state index in [0.717, 1.165) is 56.8 Å². The van der Waals surface area contributed by atoms with E-state index in [0.29, 0.717) is 29.7 Å². The molecule has 3 aromatic rings.